The molecule has 6 rings (SSSR count). The molecule has 3 nitrogen and oxygen atoms in total. The summed E-state index contributed by atoms with van der Waals surface area (Å²) in [5.41, 5.74) is 3.71. The van der Waals surface area contributed by atoms with E-state index >= 15 is 0 Å². The van der Waals surface area contributed by atoms with Gasteiger partial charge >= 0.3 is 0 Å². The molecule has 0 radical (unpaired) electrons. The molecule has 0 spiro atoms. The zero-order chi connectivity index (χ0) is 19.2. The smallest absolute Gasteiger partial charge is 0.101 e. The van der Waals surface area contributed by atoms with Gasteiger partial charge in [-0.2, -0.15) is 0 Å². The minimum atomic E-state index is 0.902. The Morgan fingerprint density at radius 2 is 1.17 bits per heavy atom. The molecule has 4 aromatic carbocycles. The molecule has 0 saturated heterocycles. The number of benzene rings is 4. The average molecular weight is 389 g/mol. The number of rotatable bonds is 2. The van der Waals surface area contributed by atoms with Gasteiger partial charge < -0.3 is 0 Å². The Labute approximate surface area is 171 Å². The van der Waals surface area contributed by atoms with E-state index in [4.69, 9.17) is 9.97 Å². The SMILES string of the molecule is c1ccc(Sc2ccc3nc4c5ccccc5c5ccccc5c4nc3c2)nc1. The lowest BCUT2D eigenvalue weighted by Crippen LogP contribution is -1.91. The van der Waals surface area contributed by atoms with E-state index in [0.29, 0.717) is 0 Å². The van der Waals surface area contributed by atoms with Crippen LogP contribution in [0.2, 0.25) is 0 Å². The molecule has 0 unspecified atom stereocenters. The summed E-state index contributed by atoms with van der Waals surface area (Å²) in [6, 6.07) is 29.1. The zero-order valence-corrected chi connectivity index (χ0v) is 16.2. The van der Waals surface area contributed by atoms with Crippen molar-refractivity contribution in [3.05, 3.63) is 91.1 Å². The third-order valence-electron chi connectivity index (χ3n) is 5.15. The first-order valence-electron chi connectivity index (χ1n) is 9.47. The second kappa shape index (κ2) is 6.54. The topological polar surface area (TPSA) is 38.7 Å². The van der Waals surface area contributed by atoms with E-state index in [2.05, 4.69) is 71.7 Å². The van der Waals surface area contributed by atoms with Crippen LogP contribution >= 0.6 is 11.8 Å². The van der Waals surface area contributed by atoms with Crippen LogP contribution in [0.15, 0.2) is 101 Å². The van der Waals surface area contributed by atoms with Crippen molar-refractivity contribution in [2.24, 2.45) is 0 Å². The highest BCUT2D eigenvalue weighted by molar-refractivity contribution is 7.99. The number of fused-ring (bicyclic) bond motifs is 7. The summed E-state index contributed by atoms with van der Waals surface area (Å²) in [6.45, 7) is 0. The van der Waals surface area contributed by atoms with Crippen LogP contribution in [-0.2, 0) is 0 Å². The average Bonchev–Trinajstić information content (AvgIpc) is 2.79. The van der Waals surface area contributed by atoms with E-state index in [1.807, 2.05) is 24.4 Å². The third-order valence-corrected chi connectivity index (χ3v) is 6.09. The maximum Gasteiger partial charge on any atom is 0.101 e. The summed E-state index contributed by atoms with van der Waals surface area (Å²) < 4.78 is 0. The van der Waals surface area contributed by atoms with Crippen LogP contribution in [0.1, 0.15) is 0 Å². The van der Waals surface area contributed by atoms with E-state index in [9.17, 15) is 0 Å². The van der Waals surface area contributed by atoms with Gasteiger partial charge in [-0.25, -0.2) is 15.0 Å². The quantitative estimate of drug-likeness (QED) is 0.246. The van der Waals surface area contributed by atoms with Gasteiger partial charge in [0, 0.05) is 21.9 Å². The Bertz CT molecular complexity index is 1530. The molecule has 0 amide bonds. The molecule has 0 fully saturated rings. The van der Waals surface area contributed by atoms with E-state index in [1.165, 1.54) is 10.8 Å². The van der Waals surface area contributed by atoms with Gasteiger partial charge in [-0.15, -0.1) is 0 Å². The minimum Gasteiger partial charge on any atom is -0.250 e. The lowest BCUT2D eigenvalue weighted by molar-refractivity contribution is 1.13. The molecule has 0 aliphatic carbocycles. The summed E-state index contributed by atoms with van der Waals surface area (Å²) in [6.07, 6.45) is 1.81. The first-order valence-corrected chi connectivity index (χ1v) is 10.3. The first kappa shape index (κ1) is 16.5. The first-order chi connectivity index (χ1) is 14.4. The lowest BCUT2D eigenvalue weighted by Gasteiger charge is -2.10. The van der Waals surface area contributed by atoms with E-state index in [0.717, 1.165) is 42.8 Å². The van der Waals surface area contributed by atoms with Crippen LogP contribution < -0.4 is 0 Å². The second-order valence-electron chi connectivity index (χ2n) is 6.93. The highest BCUT2D eigenvalue weighted by Crippen LogP contribution is 2.35. The number of hydrogen-bond donors (Lipinski definition) is 0. The molecular weight excluding hydrogens is 374 g/mol. The van der Waals surface area contributed by atoms with E-state index < -0.39 is 0 Å². The van der Waals surface area contributed by atoms with Crippen molar-refractivity contribution in [2.75, 3.05) is 0 Å². The molecule has 0 bridgehead atoms. The number of nitrogens with zero attached hydrogens (tertiary/aromatic N) is 3. The maximum absolute atomic E-state index is 5.06. The Balaban J connectivity index is 1.64. The van der Waals surface area contributed by atoms with Crippen LogP contribution in [0.5, 0.6) is 0 Å². The number of aromatic nitrogens is 3. The predicted octanol–water partition coefficient (Wildman–Crippen LogP) is 6.64. The van der Waals surface area contributed by atoms with Gasteiger partial charge in [-0.05, 0) is 41.1 Å². The predicted molar refractivity (Wildman–Crippen MR) is 120 cm³/mol. The third kappa shape index (κ3) is 2.72. The molecular formula is C25H15N3S. The van der Waals surface area contributed by atoms with Gasteiger partial charge in [0.05, 0.1) is 22.1 Å². The summed E-state index contributed by atoms with van der Waals surface area (Å²) in [5, 5.41) is 5.67. The Kier molecular flexibility index (Phi) is 3.71. The number of pyridine rings is 1. The molecule has 0 N–H and O–H groups in total. The summed E-state index contributed by atoms with van der Waals surface area (Å²) in [5.74, 6) is 0. The molecule has 0 saturated carbocycles. The van der Waals surface area contributed by atoms with Gasteiger partial charge in [0.15, 0.2) is 0 Å². The summed E-state index contributed by atoms with van der Waals surface area (Å²) in [7, 11) is 0. The van der Waals surface area contributed by atoms with Crippen molar-refractivity contribution in [1.82, 2.24) is 15.0 Å². The van der Waals surface area contributed by atoms with Crippen molar-refractivity contribution in [3.63, 3.8) is 0 Å². The molecule has 6 aromatic rings. The van der Waals surface area contributed by atoms with E-state index in [1.54, 1.807) is 11.8 Å². The van der Waals surface area contributed by atoms with Crippen molar-refractivity contribution < 1.29 is 0 Å². The summed E-state index contributed by atoms with van der Waals surface area (Å²) in [4.78, 5) is 15.6. The van der Waals surface area contributed by atoms with E-state index in [-0.39, 0.29) is 0 Å². The zero-order valence-electron chi connectivity index (χ0n) is 15.4. The fraction of sp³-hybridized carbons (Fsp3) is 0. The summed E-state index contributed by atoms with van der Waals surface area (Å²) >= 11 is 1.64. The van der Waals surface area contributed by atoms with Gasteiger partial charge in [0.1, 0.15) is 5.03 Å². The van der Waals surface area contributed by atoms with Gasteiger partial charge in [-0.3, -0.25) is 0 Å². The van der Waals surface area contributed by atoms with Crippen molar-refractivity contribution in [3.8, 4) is 0 Å². The van der Waals surface area contributed by atoms with Crippen LogP contribution in [0.3, 0.4) is 0 Å². The highest BCUT2D eigenvalue weighted by atomic mass is 32.2. The molecule has 0 atom stereocenters. The molecule has 136 valence electrons. The Morgan fingerprint density at radius 1 is 0.552 bits per heavy atom. The van der Waals surface area contributed by atoms with Crippen molar-refractivity contribution in [2.45, 2.75) is 9.92 Å². The molecule has 4 heteroatoms. The largest absolute Gasteiger partial charge is 0.250 e. The Morgan fingerprint density at radius 3 is 1.83 bits per heavy atom. The molecule has 0 aliphatic heterocycles. The molecule has 2 heterocycles. The molecule has 2 aromatic heterocycles. The Hall–Kier alpha value is -3.50. The minimum absolute atomic E-state index is 0.902. The van der Waals surface area contributed by atoms with Gasteiger partial charge in [-0.1, -0.05) is 66.4 Å². The lowest BCUT2D eigenvalue weighted by atomic mass is 9.99. The fourth-order valence-corrected chi connectivity index (χ4v) is 4.66. The van der Waals surface area contributed by atoms with Crippen LogP contribution in [0.25, 0.3) is 43.6 Å². The van der Waals surface area contributed by atoms with Crippen molar-refractivity contribution >= 4 is 55.4 Å². The van der Waals surface area contributed by atoms with Gasteiger partial charge in [0.25, 0.3) is 0 Å². The molecule has 0 aliphatic rings. The van der Waals surface area contributed by atoms with Crippen LogP contribution in [-0.4, -0.2) is 15.0 Å². The van der Waals surface area contributed by atoms with Crippen LogP contribution in [0.4, 0.5) is 0 Å². The molecule has 29 heavy (non-hydrogen) atoms. The van der Waals surface area contributed by atoms with Crippen LogP contribution in [0, 0.1) is 0 Å². The normalized spacial score (nSPS) is 11.6. The maximum atomic E-state index is 5.06. The fourth-order valence-electron chi connectivity index (χ4n) is 3.85. The monoisotopic (exact) mass is 389 g/mol. The number of hydrogen-bond acceptors (Lipinski definition) is 4. The highest BCUT2D eigenvalue weighted by Gasteiger charge is 2.12. The van der Waals surface area contributed by atoms with Crippen molar-refractivity contribution in [1.29, 1.82) is 0 Å². The standard InChI is InChI=1S/C25H15N3S/c1-3-9-19-17(7-1)18-8-2-4-10-20(18)25-24(19)27-21-13-12-16(15-22(21)28-25)29-23-11-5-6-14-26-23/h1-15H. The second-order valence-corrected chi connectivity index (χ2v) is 8.03. The van der Waals surface area contributed by atoms with Gasteiger partial charge in [0.2, 0.25) is 0 Å².